The molecule has 0 amide bonds. The van der Waals surface area contributed by atoms with Gasteiger partial charge >= 0.3 is 0 Å². The van der Waals surface area contributed by atoms with Crippen molar-refractivity contribution in [2.45, 2.75) is 34.1 Å². The fourth-order valence-corrected chi connectivity index (χ4v) is 2.83. The van der Waals surface area contributed by atoms with Gasteiger partial charge in [-0.2, -0.15) is 0 Å². The second kappa shape index (κ2) is 5.97. The van der Waals surface area contributed by atoms with Crippen LogP contribution in [0.1, 0.15) is 32.9 Å². The Morgan fingerprint density at radius 1 is 1.45 bits per heavy atom. The number of aromatic nitrogens is 2. The molecule has 0 aliphatic rings. The van der Waals surface area contributed by atoms with Crippen LogP contribution in [-0.2, 0) is 0 Å². The SMILES string of the molecule is CCC(C)(C)C(=S)Nc1sc(-c2cccnc2)nc1C. The van der Waals surface area contributed by atoms with Gasteiger partial charge in [0.1, 0.15) is 10.0 Å². The van der Waals surface area contributed by atoms with Crippen molar-refractivity contribution in [2.24, 2.45) is 5.41 Å². The first kappa shape index (κ1) is 15.1. The predicted octanol–water partition coefficient (Wildman–Crippen LogP) is 4.69. The van der Waals surface area contributed by atoms with Gasteiger partial charge in [-0.3, -0.25) is 4.98 Å². The van der Waals surface area contributed by atoms with E-state index in [1.807, 2.05) is 25.3 Å². The molecule has 0 unspecified atom stereocenters. The molecular weight excluding hydrogens is 286 g/mol. The van der Waals surface area contributed by atoms with Crippen LogP contribution in [0, 0.1) is 12.3 Å². The summed E-state index contributed by atoms with van der Waals surface area (Å²) in [6.45, 7) is 8.45. The highest BCUT2D eigenvalue weighted by Gasteiger charge is 2.22. The molecule has 2 aromatic heterocycles. The predicted molar refractivity (Wildman–Crippen MR) is 90.4 cm³/mol. The molecule has 20 heavy (non-hydrogen) atoms. The van der Waals surface area contributed by atoms with Gasteiger partial charge in [0, 0.05) is 23.4 Å². The first-order valence-corrected chi connectivity index (χ1v) is 7.86. The van der Waals surface area contributed by atoms with Gasteiger partial charge in [-0.25, -0.2) is 4.98 Å². The normalized spacial score (nSPS) is 11.4. The Labute approximate surface area is 129 Å². The molecule has 0 saturated carbocycles. The minimum absolute atomic E-state index is 0.000227. The van der Waals surface area contributed by atoms with Gasteiger partial charge in [-0.15, -0.1) is 0 Å². The van der Waals surface area contributed by atoms with Crippen molar-refractivity contribution < 1.29 is 0 Å². The zero-order chi connectivity index (χ0) is 14.8. The molecule has 0 spiro atoms. The number of rotatable bonds is 4. The molecule has 0 aliphatic heterocycles. The summed E-state index contributed by atoms with van der Waals surface area (Å²) < 4.78 is 0. The van der Waals surface area contributed by atoms with Crippen molar-refractivity contribution >= 4 is 33.5 Å². The molecule has 106 valence electrons. The highest BCUT2D eigenvalue weighted by atomic mass is 32.1. The number of hydrogen-bond donors (Lipinski definition) is 1. The molecule has 0 saturated heterocycles. The second-order valence-electron chi connectivity index (χ2n) is 5.37. The first-order chi connectivity index (χ1) is 9.44. The third-order valence-corrected chi connectivity index (χ3v) is 5.21. The maximum absolute atomic E-state index is 5.51. The molecule has 2 heterocycles. The van der Waals surface area contributed by atoms with Crippen LogP contribution in [0.2, 0.25) is 0 Å². The maximum atomic E-state index is 5.51. The summed E-state index contributed by atoms with van der Waals surface area (Å²) in [5, 5.41) is 5.35. The molecule has 0 radical (unpaired) electrons. The van der Waals surface area contributed by atoms with Crippen molar-refractivity contribution in [3.05, 3.63) is 30.2 Å². The van der Waals surface area contributed by atoms with Gasteiger partial charge in [-0.1, -0.05) is 44.3 Å². The number of nitrogens with zero attached hydrogens (tertiary/aromatic N) is 2. The van der Waals surface area contributed by atoms with Gasteiger partial charge in [-0.05, 0) is 25.5 Å². The fourth-order valence-electron chi connectivity index (χ4n) is 1.56. The number of thiazole rings is 1. The van der Waals surface area contributed by atoms with Crippen molar-refractivity contribution in [3.63, 3.8) is 0 Å². The molecule has 0 aliphatic carbocycles. The summed E-state index contributed by atoms with van der Waals surface area (Å²) in [6.07, 6.45) is 4.60. The molecule has 0 fully saturated rings. The van der Waals surface area contributed by atoms with Crippen LogP contribution >= 0.6 is 23.6 Å². The van der Waals surface area contributed by atoms with Crippen LogP contribution < -0.4 is 5.32 Å². The molecular formula is C15H19N3S2. The number of aryl methyl sites for hydroxylation is 1. The van der Waals surface area contributed by atoms with Gasteiger partial charge < -0.3 is 5.32 Å². The van der Waals surface area contributed by atoms with Gasteiger partial charge in [0.05, 0.1) is 10.7 Å². The van der Waals surface area contributed by atoms with Crippen LogP contribution in [0.25, 0.3) is 10.6 Å². The van der Waals surface area contributed by atoms with E-state index in [1.165, 1.54) is 0 Å². The minimum Gasteiger partial charge on any atom is -0.340 e. The standard InChI is InChI=1S/C15H19N3S2/c1-5-15(3,4)14(19)18-12-10(2)17-13(20-12)11-7-6-8-16-9-11/h6-9H,5H2,1-4H3,(H,18,19). The lowest BCUT2D eigenvalue weighted by atomic mass is 9.90. The lowest BCUT2D eigenvalue weighted by Crippen LogP contribution is -2.28. The first-order valence-electron chi connectivity index (χ1n) is 6.63. The molecule has 0 bridgehead atoms. The van der Waals surface area contributed by atoms with Crippen molar-refractivity contribution in [3.8, 4) is 10.6 Å². The molecule has 3 nitrogen and oxygen atoms in total. The van der Waals surface area contributed by atoms with Gasteiger partial charge in [0.25, 0.3) is 0 Å². The van der Waals surface area contributed by atoms with Crippen LogP contribution in [0.5, 0.6) is 0 Å². The zero-order valence-corrected chi connectivity index (χ0v) is 13.9. The summed E-state index contributed by atoms with van der Waals surface area (Å²) in [4.78, 5) is 9.60. The Morgan fingerprint density at radius 2 is 2.20 bits per heavy atom. The Balaban J connectivity index is 2.23. The number of hydrogen-bond acceptors (Lipinski definition) is 4. The number of pyridine rings is 1. The Kier molecular flexibility index (Phi) is 4.50. The molecule has 0 atom stereocenters. The highest BCUT2D eigenvalue weighted by molar-refractivity contribution is 7.80. The van der Waals surface area contributed by atoms with E-state index in [0.717, 1.165) is 32.7 Å². The van der Waals surface area contributed by atoms with Crippen molar-refractivity contribution in [1.82, 2.24) is 9.97 Å². The van der Waals surface area contributed by atoms with E-state index in [0.29, 0.717) is 0 Å². The topological polar surface area (TPSA) is 37.8 Å². The average molecular weight is 305 g/mol. The summed E-state index contributed by atoms with van der Waals surface area (Å²) in [5.41, 5.74) is 2.01. The van der Waals surface area contributed by atoms with Crippen molar-refractivity contribution in [1.29, 1.82) is 0 Å². The summed E-state index contributed by atoms with van der Waals surface area (Å²) in [7, 11) is 0. The zero-order valence-electron chi connectivity index (χ0n) is 12.2. The lowest BCUT2D eigenvalue weighted by molar-refractivity contribution is 0.510. The number of nitrogens with one attached hydrogen (secondary N) is 1. The van der Waals surface area contributed by atoms with E-state index in [9.17, 15) is 0 Å². The molecule has 5 heteroatoms. The Bertz CT molecular complexity index is 603. The smallest absolute Gasteiger partial charge is 0.127 e. The van der Waals surface area contributed by atoms with Gasteiger partial charge in [0.15, 0.2) is 0 Å². The average Bonchev–Trinajstić information content (AvgIpc) is 2.81. The van der Waals surface area contributed by atoms with E-state index >= 15 is 0 Å². The van der Waals surface area contributed by atoms with Crippen LogP contribution in [0.4, 0.5) is 5.00 Å². The summed E-state index contributed by atoms with van der Waals surface area (Å²) in [6, 6.07) is 3.94. The van der Waals surface area contributed by atoms with E-state index in [4.69, 9.17) is 12.2 Å². The molecule has 0 aromatic carbocycles. The van der Waals surface area contributed by atoms with Crippen LogP contribution in [0.3, 0.4) is 0 Å². The van der Waals surface area contributed by atoms with Crippen LogP contribution in [0.15, 0.2) is 24.5 Å². The number of thiocarbonyl (C=S) groups is 1. The van der Waals surface area contributed by atoms with Crippen molar-refractivity contribution in [2.75, 3.05) is 5.32 Å². The molecule has 1 N–H and O–H groups in total. The summed E-state index contributed by atoms with van der Waals surface area (Å²) >= 11 is 7.13. The van der Waals surface area contributed by atoms with E-state index in [2.05, 4.69) is 36.1 Å². The largest absolute Gasteiger partial charge is 0.340 e. The Morgan fingerprint density at radius 3 is 2.80 bits per heavy atom. The Hall–Kier alpha value is -1.33. The maximum Gasteiger partial charge on any atom is 0.127 e. The third-order valence-electron chi connectivity index (χ3n) is 3.43. The molecule has 2 rings (SSSR count). The second-order valence-corrected chi connectivity index (χ2v) is 6.77. The fraction of sp³-hybridized carbons (Fsp3) is 0.400. The highest BCUT2D eigenvalue weighted by Crippen LogP contribution is 2.33. The van der Waals surface area contributed by atoms with E-state index in [-0.39, 0.29) is 5.41 Å². The monoisotopic (exact) mass is 305 g/mol. The quantitative estimate of drug-likeness (QED) is 0.832. The number of anilines is 1. The van der Waals surface area contributed by atoms with E-state index in [1.54, 1.807) is 17.5 Å². The summed E-state index contributed by atoms with van der Waals surface area (Å²) in [5.74, 6) is 0. The van der Waals surface area contributed by atoms with E-state index < -0.39 is 0 Å². The van der Waals surface area contributed by atoms with Crippen LogP contribution in [-0.4, -0.2) is 15.0 Å². The lowest BCUT2D eigenvalue weighted by Gasteiger charge is -2.24. The molecule has 2 aromatic rings. The van der Waals surface area contributed by atoms with Gasteiger partial charge in [0.2, 0.25) is 0 Å². The third kappa shape index (κ3) is 3.22. The minimum atomic E-state index is 0.000227.